The summed E-state index contributed by atoms with van der Waals surface area (Å²) in [6, 6.07) is 13.5. The van der Waals surface area contributed by atoms with E-state index in [-0.39, 0.29) is 18.1 Å². The zero-order chi connectivity index (χ0) is 21.7. The number of anilines is 1. The van der Waals surface area contributed by atoms with Crippen LogP contribution >= 0.6 is 0 Å². The van der Waals surface area contributed by atoms with Crippen LogP contribution in [0.3, 0.4) is 0 Å². The van der Waals surface area contributed by atoms with Gasteiger partial charge in [0.25, 0.3) is 0 Å². The van der Waals surface area contributed by atoms with Crippen LogP contribution in [-0.4, -0.2) is 70.1 Å². The maximum absolute atomic E-state index is 12.9. The molecule has 2 amide bonds. The molecule has 0 radical (unpaired) electrons. The number of carbonyl (C=O) groups is 1. The Kier molecular flexibility index (Phi) is 4.54. The van der Waals surface area contributed by atoms with Crippen molar-refractivity contribution < 1.29 is 4.79 Å². The smallest absolute Gasteiger partial charge is 0.318 e. The third kappa shape index (κ3) is 3.37. The molecular weight excluding hydrogens is 402 g/mol. The van der Waals surface area contributed by atoms with Gasteiger partial charge < -0.3 is 15.1 Å². The molecule has 0 unspecified atom stereocenters. The highest BCUT2D eigenvalue weighted by Crippen LogP contribution is 2.49. The number of aromatic nitrogens is 2. The first kappa shape index (κ1) is 19.5. The fraction of sp³-hybridized carbons (Fsp3) is 0.500. The number of rotatable bonds is 4. The van der Waals surface area contributed by atoms with Crippen molar-refractivity contribution in [2.45, 2.75) is 43.9 Å². The number of piperazine rings is 1. The average molecular weight is 430 g/mol. The molecule has 2 aromatic rings. The second kappa shape index (κ2) is 7.45. The third-order valence-corrected chi connectivity index (χ3v) is 7.58. The van der Waals surface area contributed by atoms with Crippen LogP contribution in [0.5, 0.6) is 0 Å². The second-order valence-corrected chi connectivity index (χ2v) is 9.92. The SMILES string of the molecule is N#Cc1cnc(N2C[C@@H]3C[C@H]2CN3C(=O)NC2CC3(C2)CN(Cc2ccccc2)C3)nc1. The molecule has 164 valence electrons. The summed E-state index contributed by atoms with van der Waals surface area (Å²) in [5.74, 6) is 0.655. The Morgan fingerprint density at radius 2 is 1.88 bits per heavy atom. The van der Waals surface area contributed by atoms with E-state index in [0.29, 0.717) is 29.5 Å². The molecule has 3 aliphatic heterocycles. The highest BCUT2D eigenvalue weighted by atomic mass is 16.2. The van der Waals surface area contributed by atoms with E-state index in [2.05, 4.69) is 55.4 Å². The van der Waals surface area contributed by atoms with Crippen molar-refractivity contribution in [1.82, 2.24) is 25.1 Å². The molecule has 6 rings (SSSR count). The number of nitrogens with one attached hydrogen (secondary N) is 1. The van der Waals surface area contributed by atoms with Gasteiger partial charge in [-0.05, 0) is 30.2 Å². The summed E-state index contributed by atoms with van der Waals surface area (Å²) in [6.07, 6.45) is 6.27. The van der Waals surface area contributed by atoms with Crippen molar-refractivity contribution >= 4 is 12.0 Å². The maximum Gasteiger partial charge on any atom is 0.318 e. The van der Waals surface area contributed by atoms with Crippen molar-refractivity contribution in [3.05, 3.63) is 53.9 Å². The average Bonchev–Trinajstić information content (AvgIpc) is 3.38. The zero-order valence-electron chi connectivity index (χ0n) is 18.0. The Morgan fingerprint density at radius 3 is 2.53 bits per heavy atom. The number of hydrogen-bond donors (Lipinski definition) is 1. The number of likely N-dealkylation sites (tertiary alicyclic amines) is 2. The lowest BCUT2D eigenvalue weighted by molar-refractivity contribution is -0.0809. The Morgan fingerprint density at radius 1 is 1.12 bits per heavy atom. The molecule has 1 aromatic heterocycles. The molecule has 3 saturated heterocycles. The zero-order valence-corrected chi connectivity index (χ0v) is 18.0. The van der Waals surface area contributed by atoms with Crippen LogP contribution in [-0.2, 0) is 6.54 Å². The van der Waals surface area contributed by atoms with Crippen molar-refractivity contribution in [1.29, 1.82) is 5.26 Å². The molecule has 2 atom stereocenters. The third-order valence-electron chi connectivity index (χ3n) is 7.58. The van der Waals surface area contributed by atoms with Gasteiger partial charge in [0, 0.05) is 38.8 Å². The van der Waals surface area contributed by atoms with Gasteiger partial charge in [0.05, 0.1) is 30.0 Å². The number of nitrogens with zero attached hydrogens (tertiary/aromatic N) is 6. The monoisotopic (exact) mass is 429 g/mol. The van der Waals surface area contributed by atoms with Gasteiger partial charge in [0.1, 0.15) is 6.07 Å². The quantitative estimate of drug-likeness (QED) is 0.800. The van der Waals surface area contributed by atoms with E-state index in [1.807, 2.05) is 11.0 Å². The number of urea groups is 1. The van der Waals surface area contributed by atoms with Crippen LogP contribution in [0.15, 0.2) is 42.7 Å². The Balaban J connectivity index is 0.964. The molecule has 4 fully saturated rings. The fourth-order valence-electron chi connectivity index (χ4n) is 6.15. The molecule has 1 spiro atoms. The number of nitriles is 1. The van der Waals surface area contributed by atoms with Crippen molar-refractivity contribution in [2.24, 2.45) is 5.41 Å². The summed E-state index contributed by atoms with van der Waals surface area (Å²) in [5.41, 5.74) is 2.25. The van der Waals surface area contributed by atoms with E-state index in [1.165, 1.54) is 5.56 Å². The van der Waals surface area contributed by atoms with Crippen molar-refractivity contribution in [3.8, 4) is 6.07 Å². The van der Waals surface area contributed by atoms with Crippen molar-refractivity contribution in [2.75, 3.05) is 31.1 Å². The minimum absolute atomic E-state index is 0.0817. The van der Waals surface area contributed by atoms with Crippen LogP contribution in [0.25, 0.3) is 0 Å². The minimum Gasteiger partial charge on any atom is -0.335 e. The predicted octanol–water partition coefficient (Wildman–Crippen LogP) is 1.99. The molecule has 1 aromatic carbocycles. The first-order chi connectivity index (χ1) is 15.6. The van der Waals surface area contributed by atoms with Crippen LogP contribution < -0.4 is 10.2 Å². The minimum atomic E-state index is 0.0817. The summed E-state index contributed by atoms with van der Waals surface area (Å²) in [5, 5.41) is 12.2. The highest BCUT2D eigenvalue weighted by molar-refractivity contribution is 5.76. The largest absolute Gasteiger partial charge is 0.335 e. The Labute approximate surface area is 187 Å². The summed E-state index contributed by atoms with van der Waals surface area (Å²) in [4.78, 5) is 28.2. The molecule has 4 aliphatic rings. The van der Waals surface area contributed by atoms with Gasteiger partial charge in [-0.1, -0.05) is 30.3 Å². The molecule has 32 heavy (non-hydrogen) atoms. The standard InChI is InChI=1S/C24H27N7O/c25-9-18-10-26-22(27-11-18)30-13-21-6-20(30)14-31(21)23(32)28-19-7-24(8-19)15-29(16-24)12-17-4-2-1-3-5-17/h1-5,10-11,19-21H,6-8,12-16H2,(H,28,32)/t20-,21-/m0/s1. The van der Waals surface area contributed by atoms with Crippen LogP contribution in [0.2, 0.25) is 0 Å². The summed E-state index contributed by atoms with van der Waals surface area (Å²) in [7, 11) is 0. The number of carbonyl (C=O) groups excluding carboxylic acids is 1. The van der Waals surface area contributed by atoms with E-state index in [1.54, 1.807) is 12.4 Å². The Hall–Kier alpha value is -3.18. The van der Waals surface area contributed by atoms with E-state index in [4.69, 9.17) is 5.26 Å². The molecule has 8 nitrogen and oxygen atoms in total. The number of hydrogen-bond acceptors (Lipinski definition) is 6. The summed E-state index contributed by atoms with van der Waals surface area (Å²) in [6.45, 7) is 4.77. The molecule has 8 heteroatoms. The van der Waals surface area contributed by atoms with Gasteiger partial charge in [0.15, 0.2) is 0 Å². The van der Waals surface area contributed by atoms with E-state index >= 15 is 0 Å². The van der Waals surface area contributed by atoms with Gasteiger partial charge in [-0.3, -0.25) is 4.90 Å². The lowest BCUT2D eigenvalue weighted by Crippen LogP contribution is -2.67. The second-order valence-electron chi connectivity index (χ2n) is 9.92. The van der Waals surface area contributed by atoms with Crippen LogP contribution in [0.1, 0.15) is 30.4 Å². The summed E-state index contributed by atoms with van der Waals surface area (Å²) < 4.78 is 0. The van der Waals surface area contributed by atoms with Gasteiger partial charge in [0.2, 0.25) is 5.95 Å². The normalized spacial score (nSPS) is 26.0. The summed E-state index contributed by atoms with van der Waals surface area (Å²) >= 11 is 0. The molecule has 4 heterocycles. The lowest BCUT2D eigenvalue weighted by atomic mass is 9.60. The van der Waals surface area contributed by atoms with Crippen LogP contribution in [0, 0.1) is 16.7 Å². The van der Waals surface area contributed by atoms with Gasteiger partial charge in [-0.25, -0.2) is 14.8 Å². The number of fused-ring (bicyclic) bond motifs is 2. The van der Waals surface area contributed by atoms with Gasteiger partial charge >= 0.3 is 6.03 Å². The van der Waals surface area contributed by atoms with Crippen molar-refractivity contribution in [3.63, 3.8) is 0 Å². The van der Waals surface area contributed by atoms with Gasteiger partial charge in [-0.2, -0.15) is 5.26 Å². The molecule has 1 saturated carbocycles. The molecular formula is C24H27N7O. The lowest BCUT2D eigenvalue weighted by Gasteiger charge is -2.59. The number of amides is 2. The number of benzene rings is 1. The van der Waals surface area contributed by atoms with E-state index in [0.717, 1.165) is 45.4 Å². The van der Waals surface area contributed by atoms with Crippen LogP contribution in [0.4, 0.5) is 10.7 Å². The van der Waals surface area contributed by atoms with E-state index < -0.39 is 0 Å². The predicted molar refractivity (Wildman–Crippen MR) is 119 cm³/mol. The Bertz CT molecular complexity index is 1040. The van der Waals surface area contributed by atoms with Gasteiger partial charge in [-0.15, -0.1) is 0 Å². The van der Waals surface area contributed by atoms with E-state index in [9.17, 15) is 4.79 Å². The fourth-order valence-corrected chi connectivity index (χ4v) is 6.15. The molecule has 2 bridgehead atoms. The first-order valence-corrected chi connectivity index (χ1v) is 11.4. The molecule has 1 N–H and O–H groups in total. The first-order valence-electron chi connectivity index (χ1n) is 11.4. The molecule has 1 aliphatic carbocycles. The topological polar surface area (TPSA) is 88.4 Å². The highest BCUT2D eigenvalue weighted by Gasteiger charge is 2.53. The maximum atomic E-state index is 12.9.